The first-order valence-corrected chi connectivity index (χ1v) is 11.4. The quantitative estimate of drug-likeness (QED) is 0.372. The molecule has 0 aliphatic carbocycles. The van der Waals surface area contributed by atoms with Crippen LogP contribution in [-0.4, -0.2) is 47.1 Å². The fourth-order valence-corrected chi connectivity index (χ4v) is 3.90. The van der Waals surface area contributed by atoms with Crippen LogP contribution >= 0.6 is 0 Å². The van der Waals surface area contributed by atoms with Crippen LogP contribution in [0, 0.1) is 20.8 Å². The highest BCUT2D eigenvalue weighted by molar-refractivity contribution is 6.01. The van der Waals surface area contributed by atoms with Gasteiger partial charge in [0.05, 0.1) is 12.1 Å². The minimum atomic E-state index is -1.02. The first kappa shape index (κ1) is 24.2. The van der Waals surface area contributed by atoms with Crippen molar-refractivity contribution in [2.75, 3.05) is 25.2 Å². The molecular formula is C26H29N5O4. The number of aryl methyl sites for hydroxylation is 3. The number of hydrogen-bond acceptors (Lipinski definition) is 6. The first-order chi connectivity index (χ1) is 16.9. The zero-order valence-electron chi connectivity index (χ0n) is 20.3. The minimum absolute atomic E-state index is 0.102. The Labute approximate surface area is 203 Å². The van der Waals surface area contributed by atoms with Gasteiger partial charge in [-0.25, -0.2) is 4.68 Å². The number of para-hydroxylation sites is 1. The van der Waals surface area contributed by atoms with Crippen molar-refractivity contribution < 1.29 is 18.7 Å². The van der Waals surface area contributed by atoms with Crippen LogP contribution < -0.4 is 10.2 Å². The molecule has 2 heterocycles. The predicted octanol–water partition coefficient (Wildman–Crippen LogP) is 3.49. The minimum Gasteiger partial charge on any atom is -0.464 e. The maximum Gasteiger partial charge on any atom is 0.251 e. The molecule has 0 spiro atoms. The maximum atomic E-state index is 13.9. The fourth-order valence-electron chi connectivity index (χ4n) is 3.90. The number of benzene rings is 2. The van der Waals surface area contributed by atoms with E-state index in [0.29, 0.717) is 35.9 Å². The zero-order chi connectivity index (χ0) is 24.9. The van der Waals surface area contributed by atoms with Gasteiger partial charge < -0.3 is 14.5 Å². The van der Waals surface area contributed by atoms with E-state index < -0.39 is 6.04 Å². The lowest BCUT2D eigenvalue weighted by Gasteiger charge is -2.30. The highest BCUT2D eigenvalue weighted by Gasteiger charge is 2.35. The van der Waals surface area contributed by atoms with E-state index in [-0.39, 0.29) is 18.4 Å². The molecule has 0 saturated carbocycles. The van der Waals surface area contributed by atoms with Gasteiger partial charge in [0.25, 0.3) is 5.91 Å². The topological polar surface area (TPSA) is 102 Å². The number of nitrogens with one attached hydrogen (secondary N) is 1. The van der Waals surface area contributed by atoms with E-state index in [1.807, 2.05) is 56.3 Å². The normalized spacial score (nSPS) is 12.0. The van der Waals surface area contributed by atoms with E-state index >= 15 is 0 Å². The summed E-state index contributed by atoms with van der Waals surface area (Å²) in [6.07, 6.45) is 0. The van der Waals surface area contributed by atoms with Crippen LogP contribution in [0.25, 0.3) is 11.0 Å². The maximum absolute atomic E-state index is 13.9. The van der Waals surface area contributed by atoms with Crippen molar-refractivity contribution in [3.05, 3.63) is 77.2 Å². The molecule has 0 bridgehead atoms. The SMILES string of the molecule is COCCNC(=O)C(c1ccc(C)o1)N(C(=O)Cn1nnc2ccccc21)c1ccc(C)c(C)c1. The molecule has 1 N–H and O–H groups in total. The monoisotopic (exact) mass is 475 g/mol. The number of anilines is 1. The number of carbonyl (C=O) groups is 2. The first-order valence-electron chi connectivity index (χ1n) is 11.4. The van der Waals surface area contributed by atoms with Crippen LogP contribution in [0.3, 0.4) is 0 Å². The van der Waals surface area contributed by atoms with Gasteiger partial charge in [0.1, 0.15) is 23.6 Å². The summed E-state index contributed by atoms with van der Waals surface area (Å²) in [7, 11) is 1.56. The Balaban J connectivity index is 1.78. The van der Waals surface area contributed by atoms with Crippen molar-refractivity contribution in [2.24, 2.45) is 0 Å². The zero-order valence-corrected chi connectivity index (χ0v) is 20.3. The van der Waals surface area contributed by atoms with Gasteiger partial charge in [-0.15, -0.1) is 5.10 Å². The number of furan rings is 1. The number of methoxy groups -OCH3 is 1. The third-order valence-corrected chi connectivity index (χ3v) is 5.89. The molecule has 0 saturated heterocycles. The smallest absolute Gasteiger partial charge is 0.251 e. The van der Waals surface area contributed by atoms with Crippen LogP contribution in [0.2, 0.25) is 0 Å². The summed E-state index contributed by atoms with van der Waals surface area (Å²) in [5.41, 5.74) is 4.09. The van der Waals surface area contributed by atoms with Crippen molar-refractivity contribution in [2.45, 2.75) is 33.4 Å². The average Bonchev–Trinajstić information content (AvgIpc) is 3.45. The van der Waals surface area contributed by atoms with Crippen molar-refractivity contribution in [1.29, 1.82) is 0 Å². The van der Waals surface area contributed by atoms with Gasteiger partial charge in [-0.2, -0.15) is 0 Å². The summed E-state index contributed by atoms with van der Waals surface area (Å²) in [6.45, 7) is 6.31. The highest BCUT2D eigenvalue weighted by Crippen LogP contribution is 2.31. The Hall–Kier alpha value is -3.98. The Morgan fingerprint density at radius 2 is 1.89 bits per heavy atom. The van der Waals surface area contributed by atoms with Crippen LogP contribution in [-0.2, 0) is 20.9 Å². The number of fused-ring (bicyclic) bond motifs is 1. The molecule has 2 aromatic carbocycles. The van der Waals surface area contributed by atoms with Gasteiger partial charge in [0, 0.05) is 19.3 Å². The van der Waals surface area contributed by atoms with E-state index in [4.69, 9.17) is 9.15 Å². The molecule has 35 heavy (non-hydrogen) atoms. The van der Waals surface area contributed by atoms with E-state index in [2.05, 4.69) is 15.6 Å². The Kier molecular flexibility index (Phi) is 7.26. The largest absolute Gasteiger partial charge is 0.464 e. The van der Waals surface area contributed by atoms with Crippen LogP contribution in [0.15, 0.2) is 59.0 Å². The van der Waals surface area contributed by atoms with Gasteiger partial charge in [-0.1, -0.05) is 23.4 Å². The highest BCUT2D eigenvalue weighted by atomic mass is 16.5. The summed E-state index contributed by atoms with van der Waals surface area (Å²) < 4.78 is 12.5. The number of amides is 2. The summed E-state index contributed by atoms with van der Waals surface area (Å²) in [4.78, 5) is 28.8. The standard InChI is InChI=1S/C26H29N5O4/c1-17-9-11-20(15-18(17)2)31(24(32)16-30-22-8-6-5-7-21(22)28-29-30)25(23-12-10-19(3)35-23)26(33)27-13-14-34-4/h5-12,15,25H,13-14,16H2,1-4H3,(H,27,33). The van der Waals surface area contributed by atoms with Gasteiger partial charge in [0.15, 0.2) is 6.04 Å². The summed E-state index contributed by atoms with van der Waals surface area (Å²) in [5, 5.41) is 11.2. The molecule has 0 fully saturated rings. The molecule has 2 amide bonds. The molecule has 1 unspecified atom stereocenters. The molecule has 2 aromatic heterocycles. The molecule has 0 radical (unpaired) electrons. The number of ether oxygens (including phenoxy) is 1. The Morgan fingerprint density at radius 1 is 1.09 bits per heavy atom. The average molecular weight is 476 g/mol. The molecular weight excluding hydrogens is 446 g/mol. The predicted molar refractivity (Wildman–Crippen MR) is 132 cm³/mol. The van der Waals surface area contributed by atoms with Crippen molar-refractivity contribution in [3.63, 3.8) is 0 Å². The number of nitrogens with zero attached hydrogens (tertiary/aromatic N) is 4. The second-order valence-electron chi connectivity index (χ2n) is 8.40. The van der Waals surface area contributed by atoms with Crippen molar-refractivity contribution in [1.82, 2.24) is 20.3 Å². The van der Waals surface area contributed by atoms with E-state index in [9.17, 15) is 9.59 Å². The van der Waals surface area contributed by atoms with E-state index in [1.165, 1.54) is 4.90 Å². The molecule has 4 rings (SSSR count). The van der Waals surface area contributed by atoms with Crippen molar-refractivity contribution >= 4 is 28.5 Å². The molecule has 4 aromatic rings. The number of rotatable bonds is 9. The van der Waals surface area contributed by atoms with Crippen LogP contribution in [0.4, 0.5) is 5.69 Å². The molecule has 0 aliphatic heterocycles. The second kappa shape index (κ2) is 10.5. The van der Waals surface area contributed by atoms with Gasteiger partial charge in [-0.05, 0) is 68.3 Å². The summed E-state index contributed by atoms with van der Waals surface area (Å²) in [6, 6.07) is 15.6. The molecule has 9 nitrogen and oxygen atoms in total. The lowest BCUT2D eigenvalue weighted by atomic mass is 10.1. The second-order valence-corrected chi connectivity index (χ2v) is 8.40. The molecule has 1 atom stereocenters. The fraction of sp³-hybridized carbons (Fsp3) is 0.308. The molecule has 182 valence electrons. The molecule has 9 heteroatoms. The third-order valence-electron chi connectivity index (χ3n) is 5.89. The van der Waals surface area contributed by atoms with Gasteiger partial charge in [-0.3, -0.25) is 14.5 Å². The van der Waals surface area contributed by atoms with Crippen molar-refractivity contribution in [3.8, 4) is 0 Å². The van der Waals surface area contributed by atoms with Gasteiger partial charge in [0.2, 0.25) is 5.91 Å². The lowest BCUT2D eigenvalue weighted by molar-refractivity contribution is -0.127. The van der Waals surface area contributed by atoms with Crippen LogP contribution in [0.5, 0.6) is 0 Å². The molecule has 0 aliphatic rings. The van der Waals surface area contributed by atoms with Gasteiger partial charge >= 0.3 is 0 Å². The Bertz CT molecular complexity index is 1340. The number of hydrogen-bond donors (Lipinski definition) is 1. The lowest BCUT2D eigenvalue weighted by Crippen LogP contribution is -2.45. The van der Waals surface area contributed by atoms with Crippen LogP contribution in [0.1, 0.15) is 28.7 Å². The third kappa shape index (κ3) is 5.25. The van der Waals surface area contributed by atoms with E-state index in [1.54, 1.807) is 30.8 Å². The summed E-state index contributed by atoms with van der Waals surface area (Å²) in [5.74, 6) is 0.313. The Morgan fingerprint density at radius 3 is 2.60 bits per heavy atom. The summed E-state index contributed by atoms with van der Waals surface area (Å²) >= 11 is 0. The van der Waals surface area contributed by atoms with E-state index in [0.717, 1.165) is 16.6 Å². The number of carbonyl (C=O) groups excluding carboxylic acids is 2. The number of aromatic nitrogens is 3.